The molecule has 0 aliphatic heterocycles. The summed E-state index contributed by atoms with van der Waals surface area (Å²) in [5.41, 5.74) is 0.382. The molecule has 2 amide bonds. The van der Waals surface area contributed by atoms with Crippen molar-refractivity contribution in [2.45, 2.75) is 6.42 Å². The molecule has 21 heavy (non-hydrogen) atoms. The molecule has 0 unspecified atom stereocenters. The van der Waals surface area contributed by atoms with Gasteiger partial charge in [0.1, 0.15) is 0 Å². The van der Waals surface area contributed by atoms with Crippen molar-refractivity contribution in [3.8, 4) is 0 Å². The molecule has 1 aromatic carbocycles. The average molecular weight is 313 g/mol. The molecule has 0 spiro atoms. The van der Waals surface area contributed by atoms with Gasteiger partial charge in [0.05, 0.1) is 20.1 Å². The first-order valence-corrected chi connectivity index (χ1v) is 6.66. The van der Waals surface area contributed by atoms with Crippen molar-refractivity contribution < 1.29 is 19.1 Å². The highest BCUT2D eigenvalue weighted by Crippen LogP contribution is 2.10. The Labute approximate surface area is 128 Å². The zero-order valence-corrected chi connectivity index (χ0v) is 12.6. The lowest BCUT2D eigenvalue weighted by atomic mass is 10.2. The number of hydrogen-bond acceptors (Lipinski definition) is 4. The third kappa shape index (κ3) is 5.83. The van der Waals surface area contributed by atoms with Gasteiger partial charge in [0.2, 0.25) is 5.91 Å². The van der Waals surface area contributed by atoms with Gasteiger partial charge < -0.3 is 15.0 Å². The van der Waals surface area contributed by atoms with Crippen molar-refractivity contribution >= 4 is 29.4 Å². The number of carbonyl (C=O) groups is 3. The molecule has 1 rings (SSSR count). The standard InChI is InChI=1S/C14H17ClN2O4/c1-17(7-6-13(19)21-2)12(18)9-16-14(20)10-4-3-5-11(15)8-10/h3-5,8H,6-7,9H2,1-2H3,(H,16,20). The van der Waals surface area contributed by atoms with Gasteiger partial charge in [0.25, 0.3) is 5.91 Å². The van der Waals surface area contributed by atoms with E-state index in [9.17, 15) is 14.4 Å². The van der Waals surface area contributed by atoms with Gasteiger partial charge in [-0.25, -0.2) is 0 Å². The number of likely N-dealkylation sites (N-methyl/N-ethyl adjacent to an activating group) is 1. The van der Waals surface area contributed by atoms with E-state index in [2.05, 4.69) is 10.1 Å². The molecule has 7 heteroatoms. The van der Waals surface area contributed by atoms with E-state index in [4.69, 9.17) is 11.6 Å². The van der Waals surface area contributed by atoms with Gasteiger partial charge in [-0.2, -0.15) is 0 Å². The Bertz CT molecular complexity index is 533. The number of nitrogens with one attached hydrogen (secondary N) is 1. The number of ether oxygens (including phenoxy) is 1. The molecule has 0 bridgehead atoms. The molecular formula is C14H17ClN2O4. The van der Waals surface area contributed by atoms with E-state index in [1.807, 2.05) is 0 Å². The van der Waals surface area contributed by atoms with E-state index in [-0.39, 0.29) is 31.3 Å². The van der Waals surface area contributed by atoms with Crippen LogP contribution in [0.5, 0.6) is 0 Å². The summed E-state index contributed by atoms with van der Waals surface area (Å²) in [6.45, 7) is 0.0849. The van der Waals surface area contributed by atoms with Crippen molar-refractivity contribution in [2.75, 3.05) is 27.2 Å². The molecule has 0 atom stereocenters. The van der Waals surface area contributed by atoms with Crippen LogP contribution in [0.25, 0.3) is 0 Å². The van der Waals surface area contributed by atoms with Crippen molar-refractivity contribution in [2.24, 2.45) is 0 Å². The first kappa shape index (κ1) is 17.0. The Morgan fingerprint density at radius 3 is 2.67 bits per heavy atom. The summed E-state index contributed by atoms with van der Waals surface area (Å²) in [5.74, 6) is -1.07. The monoisotopic (exact) mass is 312 g/mol. The van der Waals surface area contributed by atoms with Crippen LogP contribution in [-0.4, -0.2) is 49.9 Å². The first-order chi connectivity index (χ1) is 9.93. The Kier molecular flexibility index (Phi) is 6.68. The maximum Gasteiger partial charge on any atom is 0.307 e. The van der Waals surface area contributed by atoms with Gasteiger partial charge in [-0.05, 0) is 18.2 Å². The summed E-state index contributed by atoms with van der Waals surface area (Å²) in [5, 5.41) is 2.95. The van der Waals surface area contributed by atoms with Crippen LogP contribution < -0.4 is 5.32 Å². The van der Waals surface area contributed by atoms with Gasteiger partial charge in [0, 0.05) is 24.2 Å². The minimum atomic E-state index is -0.391. The van der Waals surface area contributed by atoms with Gasteiger partial charge in [0.15, 0.2) is 0 Å². The number of carbonyl (C=O) groups excluding carboxylic acids is 3. The summed E-state index contributed by atoms with van der Waals surface area (Å²) in [7, 11) is 2.84. The normalized spacial score (nSPS) is 9.86. The molecular weight excluding hydrogens is 296 g/mol. The highest BCUT2D eigenvalue weighted by atomic mass is 35.5. The molecule has 114 valence electrons. The number of hydrogen-bond donors (Lipinski definition) is 1. The zero-order chi connectivity index (χ0) is 15.8. The average Bonchev–Trinajstić information content (AvgIpc) is 2.49. The fourth-order valence-electron chi connectivity index (χ4n) is 1.51. The third-order valence-corrected chi connectivity index (χ3v) is 3.03. The smallest absolute Gasteiger partial charge is 0.307 e. The molecule has 0 radical (unpaired) electrons. The number of esters is 1. The van der Waals surface area contributed by atoms with Crippen LogP contribution >= 0.6 is 11.6 Å². The van der Waals surface area contributed by atoms with Gasteiger partial charge >= 0.3 is 5.97 Å². The number of methoxy groups -OCH3 is 1. The van der Waals surface area contributed by atoms with E-state index in [0.29, 0.717) is 10.6 Å². The molecule has 0 saturated heterocycles. The first-order valence-electron chi connectivity index (χ1n) is 6.28. The maximum atomic E-state index is 11.8. The van der Waals surface area contributed by atoms with Crippen LogP contribution in [0, 0.1) is 0 Å². The van der Waals surface area contributed by atoms with E-state index < -0.39 is 5.97 Å². The lowest BCUT2D eigenvalue weighted by molar-refractivity contribution is -0.141. The number of amides is 2. The summed E-state index contributed by atoms with van der Waals surface area (Å²) in [6.07, 6.45) is 0.112. The summed E-state index contributed by atoms with van der Waals surface area (Å²) < 4.78 is 4.49. The summed E-state index contributed by atoms with van der Waals surface area (Å²) in [4.78, 5) is 35.9. The van der Waals surface area contributed by atoms with E-state index >= 15 is 0 Å². The van der Waals surface area contributed by atoms with E-state index in [0.717, 1.165) is 0 Å². The van der Waals surface area contributed by atoms with Crippen molar-refractivity contribution in [1.29, 1.82) is 0 Å². The Morgan fingerprint density at radius 1 is 1.33 bits per heavy atom. The minimum absolute atomic E-state index is 0.112. The summed E-state index contributed by atoms with van der Waals surface area (Å²) in [6, 6.07) is 6.43. The topological polar surface area (TPSA) is 75.7 Å². The van der Waals surface area contributed by atoms with Crippen LogP contribution in [0.2, 0.25) is 5.02 Å². The summed E-state index contributed by atoms with van der Waals surface area (Å²) >= 11 is 5.79. The molecule has 0 aromatic heterocycles. The number of benzene rings is 1. The fourth-order valence-corrected chi connectivity index (χ4v) is 1.70. The highest BCUT2D eigenvalue weighted by molar-refractivity contribution is 6.30. The number of halogens is 1. The molecule has 0 saturated carbocycles. The van der Waals surface area contributed by atoms with Gasteiger partial charge in [-0.1, -0.05) is 17.7 Å². The molecule has 0 heterocycles. The minimum Gasteiger partial charge on any atom is -0.469 e. The third-order valence-electron chi connectivity index (χ3n) is 2.79. The second kappa shape index (κ2) is 8.26. The van der Waals surface area contributed by atoms with Crippen LogP contribution in [0.15, 0.2) is 24.3 Å². The highest BCUT2D eigenvalue weighted by Gasteiger charge is 2.13. The van der Waals surface area contributed by atoms with Crippen molar-refractivity contribution in [3.05, 3.63) is 34.9 Å². The SMILES string of the molecule is COC(=O)CCN(C)C(=O)CNC(=O)c1cccc(Cl)c1. The molecule has 0 aliphatic rings. The number of nitrogens with zero attached hydrogens (tertiary/aromatic N) is 1. The molecule has 0 fully saturated rings. The zero-order valence-electron chi connectivity index (χ0n) is 11.9. The largest absolute Gasteiger partial charge is 0.469 e. The fraction of sp³-hybridized carbons (Fsp3) is 0.357. The second-order valence-corrected chi connectivity index (χ2v) is 4.77. The van der Waals surface area contributed by atoms with Crippen molar-refractivity contribution in [1.82, 2.24) is 10.2 Å². The van der Waals surface area contributed by atoms with E-state index in [1.54, 1.807) is 25.2 Å². The van der Waals surface area contributed by atoms with Crippen LogP contribution in [0.4, 0.5) is 0 Å². The lowest BCUT2D eigenvalue weighted by Gasteiger charge is -2.16. The predicted octanol–water partition coefficient (Wildman–Crippen LogP) is 1.09. The second-order valence-electron chi connectivity index (χ2n) is 4.33. The predicted molar refractivity (Wildman–Crippen MR) is 78.1 cm³/mol. The van der Waals surface area contributed by atoms with Crippen molar-refractivity contribution in [3.63, 3.8) is 0 Å². The number of rotatable bonds is 6. The van der Waals surface area contributed by atoms with Gasteiger partial charge in [-0.15, -0.1) is 0 Å². The van der Waals surface area contributed by atoms with Crippen LogP contribution in [-0.2, 0) is 14.3 Å². The maximum absolute atomic E-state index is 11.8. The molecule has 6 nitrogen and oxygen atoms in total. The Morgan fingerprint density at radius 2 is 2.05 bits per heavy atom. The Hall–Kier alpha value is -2.08. The van der Waals surface area contributed by atoms with E-state index in [1.165, 1.54) is 18.1 Å². The van der Waals surface area contributed by atoms with Gasteiger partial charge in [-0.3, -0.25) is 14.4 Å². The molecule has 0 aliphatic carbocycles. The lowest BCUT2D eigenvalue weighted by Crippen LogP contribution is -2.39. The molecule has 1 aromatic rings. The Balaban J connectivity index is 2.41. The molecule has 1 N–H and O–H groups in total. The van der Waals surface area contributed by atoms with Crippen LogP contribution in [0.3, 0.4) is 0 Å². The van der Waals surface area contributed by atoms with Crippen LogP contribution in [0.1, 0.15) is 16.8 Å². The quantitative estimate of drug-likeness (QED) is 0.798.